The largest absolute Gasteiger partial charge is 0.370 e. The molecule has 0 aliphatic rings. The minimum Gasteiger partial charge on any atom is -0.370 e. The van der Waals surface area contributed by atoms with E-state index in [0.717, 1.165) is 5.56 Å². The first kappa shape index (κ1) is 13.2. The molecule has 14 heavy (non-hydrogen) atoms. The Morgan fingerprint density at radius 1 is 1.43 bits per heavy atom. The Kier molecular flexibility index (Phi) is 5.53. The van der Waals surface area contributed by atoms with Crippen LogP contribution in [0.4, 0.5) is 0 Å². The number of carbonyl (C=O) groups is 1. The van der Waals surface area contributed by atoms with E-state index in [9.17, 15) is 4.79 Å². The summed E-state index contributed by atoms with van der Waals surface area (Å²) in [6, 6.07) is 6.74. The van der Waals surface area contributed by atoms with Gasteiger partial charge in [0, 0.05) is 17.5 Å². The fraction of sp³-hybridized carbons (Fsp3) is 0.222. The zero-order chi connectivity index (χ0) is 9.84. The molecule has 0 unspecified atom stereocenters. The zero-order valence-corrected chi connectivity index (χ0v) is 9.02. The summed E-state index contributed by atoms with van der Waals surface area (Å²) < 4.78 is 0. The number of halogens is 2. The van der Waals surface area contributed by atoms with Gasteiger partial charge in [0.1, 0.15) is 0 Å². The van der Waals surface area contributed by atoms with Crippen LogP contribution in [0.2, 0.25) is 5.02 Å². The normalized spacial score (nSPS) is 11.6. The summed E-state index contributed by atoms with van der Waals surface area (Å²) in [5.41, 5.74) is 11.5. The minimum atomic E-state index is -0.424. The van der Waals surface area contributed by atoms with Crippen molar-refractivity contribution in [2.24, 2.45) is 11.5 Å². The molecule has 1 aromatic rings. The van der Waals surface area contributed by atoms with E-state index in [0.29, 0.717) is 5.02 Å². The van der Waals surface area contributed by atoms with Crippen molar-refractivity contribution in [2.75, 3.05) is 0 Å². The van der Waals surface area contributed by atoms with Crippen LogP contribution in [0.25, 0.3) is 0 Å². The minimum absolute atomic E-state index is 0. The Morgan fingerprint density at radius 2 is 2.00 bits per heavy atom. The predicted molar refractivity (Wildman–Crippen MR) is 59.4 cm³/mol. The maximum Gasteiger partial charge on any atom is 0.219 e. The van der Waals surface area contributed by atoms with E-state index in [4.69, 9.17) is 23.1 Å². The van der Waals surface area contributed by atoms with Crippen LogP contribution in [0, 0.1) is 0 Å². The number of hydrogen-bond acceptors (Lipinski definition) is 2. The number of benzene rings is 1. The number of amides is 1. The van der Waals surface area contributed by atoms with Gasteiger partial charge in [-0.1, -0.05) is 29.8 Å². The van der Waals surface area contributed by atoms with Crippen molar-refractivity contribution in [3.63, 3.8) is 0 Å². The molecule has 0 aliphatic heterocycles. The van der Waals surface area contributed by atoms with Crippen LogP contribution in [-0.4, -0.2) is 5.91 Å². The lowest BCUT2D eigenvalue weighted by molar-refractivity contribution is -0.118. The predicted octanol–water partition coefficient (Wildman–Crippen LogP) is 1.64. The highest BCUT2D eigenvalue weighted by Crippen LogP contribution is 2.22. The summed E-state index contributed by atoms with van der Waals surface area (Å²) in [6.45, 7) is 0. The van der Waals surface area contributed by atoms with E-state index in [1.54, 1.807) is 12.1 Å². The van der Waals surface area contributed by atoms with Crippen LogP contribution in [0.3, 0.4) is 0 Å². The molecule has 4 N–H and O–H groups in total. The number of hydrogen-bond donors (Lipinski definition) is 2. The van der Waals surface area contributed by atoms with Gasteiger partial charge in [0.2, 0.25) is 5.91 Å². The van der Waals surface area contributed by atoms with E-state index in [2.05, 4.69) is 0 Å². The summed E-state index contributed by atoms with van der Waals surface area (Å²) in [5.74, 6) is -0.424. The van der Waals surface area contributed by atoms with Gasteiger partial charge in [-0.15, -0.1) is 12.4 Å². The van der Waals surface area contributed by atoms with Gasteiger partial charge in [0.25, 0.3) is 0 Å². The number of nitrogens with two attached hydrogens (primary N) is 2. The number of carbonyl (C=O) groups excluding carboxylic acids is 1. The number of primary amides is 1. The van der Waals surface area contributed by atoms with Gasteiger partial charge in [-0.3, -0.25) is 4.79 Å². The molecule has 0 saturated carbocycles. The second-order valence-corrected chi connectivity index (χ2v) is 3.21. The first-order valence-electron chi connectivity index (χ1n) is 3.89. The first-order chi connectivity index (χ1) is 6.11. The van der Waals surface area contributed by atoms with Crippen molar-refractivity contribution >= 4 is 29.9 Å². The topological polar surface area (TPSA) is 69.1 Å². The summed E-state index contributed by atoms with van der Waals surface area (Å²) in [4.78, 5) is 10.6. The fourth-order valence-electron chi connectivity index (χ4n) is 1.10. The second-order valence-electron chi connectivity index (χ2n) is 2.80. The van der Waals surface area contributed by atoms with Gasteiger partial charge in [0.15, 0.2) is 0 Å². The van der Waals surface area contributed by atoms with Gasteiger partial charge in [-0.05, 0) is 11.6 Å². The Hall–Kier alpha value is -0.770. The highest BCUT2D eigenvalue weighted by atomic mass is 35.5. The van der Waals surface area contributed by atoms with Crippen LogP contribution >= 0.6 is 24.0 Å². The lowest BCUT2D eigenvalue weighted by atomic mass is 10.0. The van der Waals surface area contributed by atoms with Crippen LogP contribution in [-0.2, 0) is 4.79 Å². The molecule has 0 bridgehead atoms. The van der Waals surface area contributed by atoms with Gasteiger partial charge < -0.3 is 11.5 Å². The molecule has 0 fully saturated rings. The molecular weight excluding hydrogens is 223 g/mol. The third kappa shape index (κ3) is 3.54. The molecule has 0 aromatic heterocycles. The quantitative estimate of drug-likeness (QED) is 0.835. The highest BCUT2D eigenvalue weighted by Gasteiger charge is 2.11. The molecule has 0 aliphatic carbocycles. The Morgan fingerprint density at radius 3 is 2.50 bits per heavy atom. The Labute approximate surface area is 93.8 Å². The molecule has 1 amide bonds. The van der Waals surface area contributed by atoms with E-state index >= 15 is 0 Å². The molecule has 1 rings (SSSR count). The van der Waals surface area contributed by atoms with Gasteiger partial charge in [0.05, 0.1) is 0 Å². The molecule has 0 heterocycles. The van der Waals surface area contributed by atoms with Crippen LogP contribution < -0.4 is 11.5 Å². The fourth-order valence-corrected chi connectivity index (χ4v) is 1.38. The van der Waals surface area contributed by atoms with Gasteiger partial charge >= 0.3 is 0 Å². The summed E-state index contributed by atoms with van der Waals surface area (Å²) >= 11 is 5.87. The lowest BCUT2D eigenvalue weighted by Gasteiger charge is -2.10. The van der Waals surface area contributed by atoms with Gasteiger partial charge in [-0.2, -0.15) is 0 Å². The van der Waals surface area contributed by atoms with E-state index in [1.165, 1.54) is 0 Å². The highest BCUT2D eigenvalue weighted by molar-refractivity contribution is 6.31. The van der Waals surface area contributed by atoms with Crippen molar-refractivity contribution in [2.45, 2.75) is 12.5 Å². The summed E-state index contributed by atoms with van der Waals surface area (Å²) in [5, 5.41) is 0.566. The average molecular weight is 235 g/mol. The van der Waals surface area contributed by atoms with Crippen molar-refractivity contribution in [3.05, 3.63) is 34.9 Å². The molecule has 1 atom stereocenters. The first-order valence-corrected chi connectivity index (χ1v) is 4.27. The monoisotopic (exact) mass is 234 g/mol. The molecular formula is C9H12Cl2N2O. The SMILES string of the molecule is Cl.NC(=O)C[C@H](N)c1ccccc1Cl. The molecule has 78 valence electrons. The molecule has 3 nitrogen and oxygen atoms in total. The van der Waals surface area contributed by atoms with Crippen LogP contribution in [0.5, 0.6) is 0 Å². The van der Waals surface area contributed by atoms with Crippen LogP contribution in [0.15, 0.2) is 24.3 Å². The smallest absolute Gasteiger partial charge is 0.219 e. The molecule has 0 saturated heterocycles. The number of rotatable bonds is 3. The average Bonchev–Trinajstić information content (AvgIpc) is 2.03. The maximum absolute atomic E-state index is 10.6. The van der Waals surface area contributed by atoms with Crippen LogP contribution in [0.1, 0.15) is 18.0 Å². The molecule has 5 heteroatoms. The van der Waals surface area contributed by atoms with E-state index in [-0.39, 0.29) is 18.8 Å². The molecule has 0 radical (unpaired) electrons. The Balaban J connectivity index is 0.00000169. The molecule has 1 aromatic carbocycles. The van der Waals surface area contributed by atoms with Crippen molar-refractivity contribution < 1.29 is 4.79 Å². The summed E-state index contributed by atoms with van der Waals surface area (Å²) in [7, 11) is 0. The Bertz CT molecular complexity index is 317. The maximum atomic E-state index is 10.6. The third-order valence-corrected chi connectivity index (χ3v) is 2.07. The van der Waals surface area contributed by atoms with Crippen molar-refractivity contribution in [1.29, 1.82) is 0 Å². The van der Waals surface area contributed by atoms with Gasteiger partial charge in [-0.25, -0.2) is 0 Å². The van der Waals surface area contributed by atoms with E-state index < -0.39 is 11.9 Å². The lowest BCUT2D eigenvalue weighted by Crippen LogP contribution is -2.20. The zero-order valence-electron chi connectivity index (χ0n) is 7.44. The standard InChI is InChI=1S/C9H11ClN2O.ClH/c10-7-4-2-1-3-6(7)8(11)5-9(12)13;/h1-4,8H,5,11H2,(H2,12,13);1H/t8-;/m0./s1. The third-order valence-electron chi connectivity index (χ3n) is 1.73. The second kappa shape index (κ2) is 5.86. The van der Waals surface area contributed by atoms with Crippen molar-refractivity contribution in [3.8, 4) is 0 Å². The van der Waals surface area contributed by atoms with Crippen molar-refractivity contribution in [1.82, 2.24) is 0 Å². The summed E-state index contributed by atoms with van der Waals surface area (Å²) in [6.07, 6.45) is 0.115. The van der Waals surface area contributed by atoms with E-state index in [1.807, 2.05) is 12.1 Å². The molecule has 0 spiro atoms.